The first-order valence-corrected chi connectivity index (χ1v) is 4.28. The highest BCUT2D eigenvalue weighted by molar-refractivity contribution is 5.85. The van der Waals surface area contributed by atoms with Crippen LogP contribution >= 0.6 is 12.4 Å². The summed E-state index contributed by atoms with van der Waals surface area (Å²) in [6, 6.07) is 4.33. The molecule has 1 atom stereocenters. The molecule has 0 aliphatic rings. The fraction of sp³-hybridized carbons (Fsp3) is 0.400. The van der Waals surface area contributed by atoms with Crippen molar-refractivity contribution in [2.75, 3.05) is 7.11 Å². The summed E-state index contributed by atoms with van der Waals surface area (Å²) in [5, 5.41) is 0. The zero-order valence-corrected chi connectivity index (χ0v) is 9.10. The molecule has 1 aromatic carbocycles. The molecule has 0 radical (unpaired) electrons. The maximum atomic E-state index is 12.8. The lowest BCUT2D eigenvalue weighted by Gasteiger charge is -2.13. The van der Waals surface area contributed by atoms with Crippen molar-refractivity contribution in [1.29, 1.82) is 0 Å². The normalized spacial score (nSPS) is 11.7. The van der Waals surface area contributed by atoms with Gasteiger partial charge in [0.1, 0.15) is 11.6 Å². The van der Waals surface area contributed by atoms with Gasteiger partial charge in [-0.3, -0.25) is 0 Å². The molecule has 1 rings (SSSR count). The van der Waals surface area contributed by atoms with E-state index in [-0.39, 0.29) is 24.3 Å². The lowest BCUT2D eigenvalue weighted by molar-refractivity contribution is 0.401. The van der Waals surface area contributed by atoms with Gasteiger partial charge in [0.25, 0.3) is 0 Å². The largest absolute Gasteiger partial charge is 0.496 e. The molecule has 80 valence electrons. The van der Waals surface area contributed by atoms with Crippen LogP contribution in [0.25, 0.3) is 0 Å². The first kappa shape index (κ1) is 13.2. The van der Waals surface area contributed by atoms with E-state index in [0.29, 0.717) is 5.75 Å². The minimum absolute atomic E-state index is 0. The van der Waals surface area contributed by atoms with Gasteiger partial charge in [-0.05, 0) is 12.5 Å². The molecule has 0 amide bonds. The predicted molar refractivity (Wildman–Crippen MR) is 57.4 cm³/mol. The molecule has 0 spiro atoms. The number of halogens is 2. The van der Waals surface area contributed by atoms with Gasteiger partial charge in [0, 0.05) is 17.7 Å². The number of ether oxygens (including phenoxy) is 1. The van der Waals surface area contributed by atoms with E-state index in [1.807, 2.05) is 6.92 Å². The van der Waals surface area contributed by atoms with Crippen LogP contribution in [0.2, 0.25) is 0 Å². The predicted octanol–water partition coefficient (Wildman–Crippen LogP) is 2.67. The van der Waals surface area contributed by atoms with Crippen LogP contribution in [0.4, 0.5) is 4.39 Å². The summed E-state index contributed by atoms with van der Waals surface area (Å²) in [5.41, 5.74) is 6.67. The monoisotopic (exact) mass is 219 g/mol. The summed E-state index contributed by atoms with van der Waals surface area (Å²) in [6.07, 6.45) is 0.808. The lowest BCUT2D eigenvalue weighted by Crippen LogP contribution is -2.10. The molecule has 1 unspecified atom stereocenters. The van der Waals surface area contributed by atoms with Gasteiger partial charge in [-0.15, -0.1) is 12.4 Å². The Morgan fingerprint density at radius 2 is 2.14 bits per heavy atom. The van der Waals surface area contributed by atoms with Gasteiger partial charge in [0.15, 0.2) is 0 Å². The molecule has 0 aromatic heterocycles. The molecule has 4 heteroatoms. The van der Waals surface area contributed by atoms with E-state index in [9.17, 15) is 4.39 Å². The zero-order chi connectivity index (χ0) is 9.84. The van der Waals surface area contributed by atoms with Gasteiger partial charge in [-0.2, -0.15) is 0 Å². The second-order valence-electron chi connectivity index (χ2n) is 2.90. The molecule has 14 heavy (non-hydrogen) atoms. The topological polar surface area (TPSA) is 35.2 Å². The fourth-order valence-corrected chi connectivity index (χ4v) is 1.21. The van der Waals surface area contributed by atoms with E-state index in [2.05, 4.69) is 0 Å². The summed E-state index contributed by atoms with van der Waals surface area (Å²) in [4.78, 5) is 0. The average molecular weight is 220 g/mol. The molecule has 0 aliphatic carbocycles. The van der Waals surface area contributed by atoms with Gasteiger partial charge in [-0.1, -0.05) is 13.0 Å². The van der Waals surface area contributed by atoms with Gasteiger partial charge in [0.05, 0.1) is 7.11 Å². The Kier molecular flexibility index (Phi) is 5.50. The maximum absolute atomic E-state index is 12.8. The van der Waals surface area contributed by atoms with Crippen LogP contribution in [0.3, 0.4) is 0 Å². The Hall–Kier alpha value is -0.800. The second kappa shape index (κ2) is 5.83. The standard InChI is InChI=1S/C10H14FNO.ClH/c1-3-9(12)8-5-4-7(11)6-10(8)13-2;/h4-6,9H,3,12H2,1-2H3;1H. The van der Waals surface area contributed by atoms with Crippen LogP contribution < -0.4 is 10.5 Å². The Labute approximate surface area is 89.7 Å². The Morgan fingerprint density at radius 1 is 1.50 bits per heavy atom. The lowest BCUT2D eigenvalue weighted by atomic mass is 10.0. The van der Waals surface area contributed by atoms with Crippen molar-refractivity contribution in [1.82, 2.24) is 0 Å². The quantitative estimate of drug-likeness (QED) is 0.849. The summed E-state index contributed by atoms with van der Waals surface area (Å²) >= 11 is 0. The fourth-order valence-electron chi connectivity index (χ4n) is 1.21. The molecule has 0 saturated carbocycles. The van der Waals surface area contributed by atoms with E-state index in [1.54, 1.807) is 6.07 Å². The number of rotatable bonds is 3. The number of hydrogen-bond acceptors (Lipinski definition) is 2. The minimum Gasteiger partial charge on any atom is -0.496 e. The van der Waals surface area contributed by atoms with Crippen molar-refractivity contribution < 1.29 is 9.13 Å². The zero-order valence-electron chi connectivity index (χ0n) is 8.29. The van der Waals surface area contributed by atoms with Crippen LogP contribution in [0.1, 0.15) is 24.9 Å². The molecule has 0 saturated heterocycles. The third-order valence-electron chi connectivity index (χ3n) is 2.03. The van der Waals surface area contributed by atoms with Crippen LogP contribution in [0.15, 0.2) is 18.2 Å². The number of benzene rings is 1. The molecule has 1 aromatic rings. The maximum Gasteiger partial charge on any atom is 0.126 e. The summed E-state index contributed by atoms with van der Waals surface area (Å²) in [7, 11) is 1.51. The van der Waals surface area contributed by atoms with Crippen LogP contribution in [-0.2, 0) is 0 Å². The summed E-state index contributed by atoms with van der Waals surface area (Å²) in [6.45, 7) is 1.98. The average Bonchev–Trinajstić information content (AvgIpc) is 2.16. The van der Waals surface area contributed by atoms with E-state index in [1.165, 1.54) is 19.2 Å². The van der Waals surface area contributed by atoms with Gasteiger partial charge >= 0.3 is 0 Å². The highest BCUT2D eigenvalue weighted by Gasteiger charge is 2.10. The molecular formula is C10H15ClFNO. The van der Waals surface area contributed by atoms with Crippen LogP contribution in [0, 0.1) is 5.82 Å². The van der Waals surface area contributed by atoms with Crippen LogP contribution in [-0.4, -0.2) is 7.11 Å². The van der Waals surface area contributed by atoms with E-state index in [4.69, 9.17) is 10.5 Å². The van der Waals surface area contributed by atoms with Crippen LogP contribution in [0.5, 0.6) is 5.75 Å². The van der Waals surface area contributed by atoms with Gasteiger partial charge in [-0.25, -0.2) is 4.39 Å². The molecule has 0 aliphatic heterocycles. The van der Waals surface area contributed by atoms with Crippen molar-refractivity contribution in [3.05, 3.63) is 29.6 Å². The highest BCUT2D eigenvalue weighted by Crippen LogP contribution is 2.25. The van der Waals surface area contributed by atoms with Crippen molar-refractivity contribution >= 4 is 12.4 Å². The smallest absolute Gasteiger partial charge is 0.126 e. The van der Waals surface area contributed by atoms with Crippen molar-refractivity contribution in [3.8, 4) is 5.75 Å². The second-order valence-corrected chi connectivity index (χ2v) is 2.90. The molecule has 2 N–H and O–H groups in total. The summed E-state index contributed by atoms with van der Waals surface area (Å²) < 4.78 is 17.8. The van der Waals surface area contributed by atoms with Gasteiger partial charge in [0.2, 0.25) is 0 Å². The molecule has 0 fully saturated rings. The van der Waals surface area contributed by atoms with E-state index in [0.717, 1.165) is 12.0 Å². The first-order chi connectivity index (χ1) is 6.19. The number of nitrogens with two attached hydrogens (primary N) is 1. The highest BCUT2D eigenvalue weighted by atomic mass is 35.5. The SMILES string of the molecule is CCC(N)c1ccc(F)cc1OC.Cl. The summed E-state index contributed by atoms with van der Waals surface area (Å²) in [5.74, 6) is 0.221. The molecule has 0 bridgehead atoms. The van der Waals surface area contributed by atoms with Gasteiger partial charge < -0.3 is 10.5 Å². The first-order valence-electron chi connectivity index (χ1n) is 4.28. The number of methoxy groups -OCH3 is 1. The Bertz CT molecular complexity index is 293. The number of hydrogen-bond donors (Lipinski definition) is 1. The molecule has 0 heterocycles. The van der Waals surface area contributed by atoms with Crippen molar-refractivity contribution in [2.45, 2.75) is 19.4 Å². The molecule has 2 nitrogen and oxygen atoms in total. The van der Waals surface area contributed by atoms with E-state index >= 15 is 0 Å². The third-order valence-corrected chi connectivity index (χ3v) is 2.03. The third kappa shape index (κ3) is 2.86. The minimum atomic E-state index is -0.302. The Balaban J connectivity index is 0.00000169. The Morgan fingerprint density at radius 3 is 2.64 bits per heavy atom. The van der Waals surface area contributed by atoms with E-state index < -0.39 is 0 Å². The van der Waals surface area contributed by atoms with Crippen molar-refractivity contribution in [3.63, 3.8) is 0 Å². The molecular weight excluding hydrogens is 205 g/mol. The van der Waals surface area contributed by atoms with Crippen molar-refractivity contribution in [2.24, 2.45) is 5.73 Å².